The maximum atomic E-state index is 12.8. The summed E-state index contributed by atoms with van der Waals surface area (Å²) in [5, 5.41) is 7.55. The van der Waals surface area contributed by atoms with Crippen molar-refractivity contribution in [2.24, 2.45) is 7.05 Å². The fraction of sp³-hybridized carbons (Fsp3) is 0.368. The van der Waals surface area contributed by atoms with Gasteiger partial charge in [-0.2, -0.15) is 10.1 Å². The van der Waals surface area contributed by atoms with Gasteiger partial charge in [0.1, 0.15) is 5.52 Å². The molecule has 0 unspecified atom stereocenters. The number of anilines is 2. The quantitative estimate of drug-likeness (QED) is 0.587. The van der Waals surface area contributed by atoms with E-state index in [4.69, 9.17) is 4.74 Å². The van der Waals surface area contributed by atoms with Crippen LogP contribution in [-0.2, 0) is 11.8 Å². The lowest BCUT2D eigenvalue weighted by Gasteiger charge is -2.22. The molecule has 0 radical (unpaired) electrons. The van der Waals surface area contributed by atoms with Crippen LogP contribution in [0.4, 0.5) is 11.6 Å². The van der Waals surface area contributed by atoms with Crippen LogP contribution >= 0.6 is 0 Å². The maximum Gasteiger partial charge on any atom is 0.330 e. The Morgan fingerprint density at radius 1 is 1.29 bits per heavy atom. The molecule has 4 aromatic rings. The standard InChI is InChI=1S/C19H21N7O2/c1-12-9-14-3-6-21-25(14)11-15(12)22-18-20-10-16-17(23-18)26(19(27)24(16)2)13-4-7-28-8-5-13/h3,6,9-11,13H,4-5,7-8H2,1-2H3,(H,20,22,23). The van der Waals surface area contributed by atoms with Crippen LogP contribution in [0.25, 0.3) is 16.7 Å². The molecule has 1 saturated heterocycles. The highest BCUT2D eigenvalue weighted by atomic mass is 16.5. The first-order valence-corrected chi connectivity index (χ1v) is 9.34. The molecule has 0 amide bonds. The lowest BCUT2D eigenvalue weighted by molar-refractivity contribution is 0.0695. The molecule has 9 heteroatoms. The minimum atomic E-state index is -0.0671. The summed E-state index contributed by atoms with van der Waals surface area (Å²) < 4.78 is 10.6. The van der Waals surface area contributed by atoms with Crippen molar-refractivity contribution in [3.63, 3.8) is 0 Å². The molecular formula is C19H21N7O2. The number of ether oxygens (including phenoxy) is 1. The first-order chi connectivity index (χ1) is 13.6. The second kappa shape index (κ2) is 6.45. The molecule has 5 heterocycles. The van der Waals surface area contributed by atoms with E-state index >= 15 is 0 Å². The van der Waals surface area contributed by atoms with Crippen molar-refractivity contribution in [2.75, 3.05) is 18.5 Å². The van der Waals surface area contributed by atoms with Crippen molar-refractivity contribution in [2.45, 2.75) is 25.8 Å². The molecule has 0 aliphatic carbocycles. The van der Waals surface area contributed by atoms with E-state index in [9.17, 15) is 4.79 Å². The van der Waals surface area contributed by atoms with Gasteiger partial charge in [0.25, 0.3) is 0 Å². The Balaban J connectivity index is 1.58. The number of aromatic nitrogens is 6. The molecule has 5 rings (SSSR count). The van der Waals surface area contributed by atoms with E-state index < -0.39 is 0 Å². The summed E-state index contributed by atoms with van der Waals surface area (Å²) in [7, 11) is 1.76. The summed E-state index contributed by atoms with van der Waals surface area (Å²) in [5.74, 6) is 0.452. The normalized spacial score (nSPS) is 15.5. The molecule has 0 bridgehead atoms. The van der Waals surface area contributed by atoms with Crippen LogP contribution < -0.4 is 11.0 Å². The summed E-state index contributed by atoms with van der Waals surface area (Å²) in [6.45, 7) is 3.34. The number of rotatable bonds is 3. The highest BCUT2D eigenvalue weighted by Crippen LogP contribution is 2.25. The van der Waals surface area contributed by atoms with Gasteiger partial charge in [0.2, 0.25) is 5.95 Å². The third kappa shape index (κ3) is 2.66. The zero-order valence-electron chi connectivity index (χ0n) is 15.8. The van der Waals surface area contributed by atoms with E-state index in [0.29, 0.717) is 24.8 Å². The highest BCUT2D eigenvalue weighted by molar-refractivity contribution is 5.73. The lowest BCUT2D eigenvalue weighted by atomic mass is 10.1. The summed E-state index contributed by atoms with van der Waals surface area (Å²) in [5.41, 5.74) is 4.26. The van der Waals surface area contributed by atoms with E-state index in [1.54, 1.807) is 33.1 Å². The van der Waals surface area contributed by atoms with Crippen LogP contribution in [0.15, 0.2) is 35.5 Å². The minimum absolute atomic E-state index is 0.0671. The van der Waals surface area contributed by atoms with E-state index in [1.807, 2.05) is 25.3 Å². The molecule has 1 N–H and O–H groups in total. The third-order valence-corrected chi connectivity index (χ3v) is 5.38. The molecule has 1 aliphatic rings. The summed E-state index contributed by atoms with van der Waals surface area (Å²) >= 11 is 0. The molecule has 1 fully saturated rings. The Labute approximate surface area is 160 Å². The average Bonchev–Trinajstić information content (AvgIpc) is 3.25. The van der Waals surface area contributed by atoms with Crippen molar-refractivity contribution in [1.82, 2.24) is 28.7 Å². The molecule has 9 nitrogen and oxygen atoms in total. The van der Waals surface area contributed by atoms with Gasteiger partial charge in [-0.05, 0) is 37.5 Å². The van der Waals surface area contributed by atoms with Crippen LogP contribution in [0.2, 0.25) is 0 Å². The molecule has 144 valence electrons. The molecule has 0 saturated carbocycles. The van der Waals surface area contributed by atoms with Gasteiger partial charge in [0.05, 0.1) is 23.6 Å². The predicted molar refractivity (Wildman–Crippen MR) is 105 cm³/mol. The number of nitrogens with zero attached hydrogens (tertiary/aromatic N) is 6. The summed E-state index contributed by atoms with van der Waals surface area (Å²) in [6, 6.07) is 4.10. The van der Waals surface area contributed by atoms with Crippen LogP contribution in [0.1, 0.15) is 24.4 Å². The van der Waals surface area contributed by atoms with Gasteiger partial charge in [-0.1, -0.05) is 0 Å². The number of fused-ring (bicyclic) bond motifs is 2. The van der Waals surface area contributed by atoms with Gasteiger partial charge in [-0.15, -0.1) is 0 Å². The molecular weight excluding hydrogens is 358 g/mol. The minimum Gasteiger partial charge on any atom is -0.381 e. The smallest absolute Gasteiger partial charge is 0.330 e. The van der Waals surface area contributed by atoms with Crippen molar-refractivity contribution in [1.29, 1.82) is 0 Å². The van der Waals surface area contributed by atoms with Gasteiger partial charge in [-0.25, -0.2) is 14.3 Å². The number of hydrogen-bond acceptors (Lipinski definition) is 6. The van der Waals surface area contributed by atoms with Crippen molar-refractivity contribution >= 4 is 28.3 Å². The van der Waals surface area contributed by atoms with Crippen molar-refractivity contribution in [3.05, 3.63) is 46.8 Å². The summed E-state index contributed by atoms with van der Waals surface area (Å²) in [6.07, 6.45) is 6.98. The molecule has 0 aromatic carbocycles. The van der Waals surface area contributed by atoms with Gasteiger partial charge >= 0.3 is 5.69 Å². The first kappa shape index (κ1) is 16.9. The Hall–Kier alpha value is -3.20. The van der Waals surface area contributed by atoms with E-state index in [0.717, 1.165) is 35.1 Å². The summed E-state index contributed by atoms with van der Waals surface area (Å²) in [4.78, 5) is 21.9. The largest absolute Gasteiger partial charge is 0.381 e. The van der Waals surface area contributed by atoms with Gasteiger partial charge < -0.3 is 10.1 Å². The maximum absolute atomic E-state index is 12.8. The lowest BCUT2D eigenvalue weighted by Crippen LogP contribution is -2.30. The second-order valence-corrected chi connectivity index (χ2v) is 7.15. The Kier molecular flexibility index (Phi) is 3.90. The van der Waals surface area contributed by atoms with Crippen LogP contribution in [0.3, 0.4) is 0 Å². The number of pyridine rings is 1. The SMILES string of the molecule is Cc1cc2ccnn2cc1Nc1ncc2c(n1)n(C1CCOCC1)c(=O)n2C. The monoisotopic (exact) mass is 379 g/mol. The van der Waals surface area contributed by atoms with Crippen molar-refractivity contribution < 1.29 is 4.74 Å². The zero-order chi connectivity index (χ0) is 19.3. The van der Waals surface area contributed by atoms with Crippen LogP contribution in [0.5, 0.6) is 0 Å². The van der Waals surface area contributed by atoms with Crippen LogP contribution in [-0.4, -0.2) is 41.9 Å². The average molecular weight is 379 g/mol. The highest BCUT2D eigenvalue weighted by Gasteiger charge is 2.23. The van der Waals surface area contributed by atoms with Gasteiger partial charge in [0.15, 0.2) is 5.65 Å². The number of aryl methyl sites for hydroxylation is 2. The molecule has 0 spiro atoms. The van der Waals surface area contributed by atoms with E-state index in [1.165, 1.54) is 0 Å². The fourth-order valence-electron chi connectivity index (χ4n) is 3.79. The molecule has 1 aliphatic heterocycles. The second-order valence-electron chi connectivity index (χ2n) is 7.15. The molecule has 0 atom stereocenters. The van der Waals surface area contributed by atoms with Gasteiger partial charge in [0, 0.05) is 32.5 Å². The topological polar surface area (TPSA) is 91.3 Å². The Morgan fingerprint density at radius 2 is 2.11 bits per heavy atom. The van der Waals surface area contributed by atoms with Gasteiger partial charge in [-0.3, -0.25) is 9.13 Å². The number of hydrogen-bond donors (Lipinski definition) is 1. The fourth-order valence-corrected chi connectivity index (χ4v) is 3.79. The van der Waals surface area contributed by atoms with E-state index in [2.05, 4.69) is 20.4 Å². The van der Waals surface area contributed by atoms with E-state index in [-0.39, 0.29) is 11.7 Å². The van der Waals surface area contributed by atoms with Crippen molar-refractivity contribution in [3.8, 4) is 0 Å². The molecule has 4 aromatic heterocycles. The third-order valence-electron chi connectivity index (χ3n) is 5.38. The number of imidazole rings is 1. The molecule has 28 heavy (non-hydrogen) atoms. The Bertz CT molecular complexity index is 1230. The Morgan fingerprint density at radius 3 is 2.93 bits per heavy atom. The predicted octanol–water partition coefficient (Wildman–Crippen LogP) is 2.18. The first-order valence-electron chi connectivity index (χ1n) is 9.34. The number of nitrogens with one attached hydrogen (secondary N) is 1. The van der Waals surface area contributed by atoms with Crippen LogP contribution in [0, 0.1) is 6.92 Å². The zero-order valence-corrected chi connectivity index (χ0v) is 15.8.